The third kappa shape index (κ3) is 5.12. The van der Waals surface area contributed by atoms with Crippen LogP contribution in [-0.4, -0.2) is 35.0 Å². The number of alkyl halides is 3. The third-order valence-corrected chi connectivity index (χ3v) is 8.23. The smallest absolute Gasteiger partial charge is 0.382 e. The van der Waals surface area contributed by atoms with E-state index in [1.165, 1.54) is 18.2 Å². The van der Waals surface area contributed by atoms with E-state index < -0.39 is 23.8 Å². The first kappa shape index (κ1) is 27.8. The lowest BCUT2D eigenvalue weighted by molar-refractivity contribution is -0.275. The Morgan fingerprint density at radius 3 is 1.83 bits per heavy atom. The van der Waals surface area contributed by atoms with Crippen LogP contribution in [0, 0.1) is 0 Å². The van der Waals surface area contributed by atoms with E-state index in [0.717, 1.165) is 11.1 Å². The highest BCUT2D eigenvalue weighted by atomic mass is 35.5. The molecule has 9 heteroatoms. The Bertz CT molecular complexity index is 1510. The molecule has 0 spiro atoms. The summed E-state index contributed by atoms with van der Waals surface area (Å²) in [5.74, 6) is 0. The lowest BCUT2D eigenvalue weighted by atomic mass is 9.81. The van der Waals surface area contributed by atoms with Crippen molar-refractivity contribution in [2.24, 2.45) is 5.16 Å². The molecule has 4 aromatic rings. The molecule has 2 heterocycles. The van der Waals surface area contributed by atoms with Gasteiger partial charge in [0.05, 0.1) is 11.8 Å². The Labute approximate surface area is 245 Å². The molecule has 41 heavy (non-hydrogen) atoms. The van der Waals surface area contributed by atoms with Gasteiger partial charge in [-0.1, -0.05) is 113 Å². The second-order valence-corrected chi connectivity index (χ2v) is 11.4. The first-order valence-electron chi connectivity index (χ1n) is 13.0. The molecule has 4 aromatic carbocycles. The van der Waals surface area contributed by atoms with Crippen LogP contribution in [0.25, 0.3) is 0 Å². The van der Waals surface area contributed by atoms with Crippen molar-refractivity contribution in [3.8, 4) is 0 Å². The minimum atomic E-state index is -4.77. The summed E-state index contributed by atoms with van der Waals surface area (Å²) < 4.78 is 43.1. The molecule has 2 aliphatic heterocycles. The summed E-state index contributed by atoms with van der Waals surface area (Å²) in [6.45, 7) is 0.801. The molecule has 4 nitrogen and oxygen atoms in total. The zero-order valence-corrected chi connectivity index (χ0v) is 23.2. The minimum absolute atomic E-state index is 0.0163. The first-order valence-corrected chi connectivity index (χ1v) is 13.8. The maximum atomic E-state index is 14.4. The van der Waals surface area contributed by atoms with Gasteiger partial charge in [0.2, 0.25) is 0 Å². The fraction of sp³-hybridized carbons (Fsp3) is 0.219. The Morgan fingerprint density at radius 2 is 1.32 bits per heavy atom. The van der Waals surface area contributed by atoms with Crippen LogP contribution in [0.4, 0.5) is 13.2 Å². The average Bonchev–Trinajstić information content (AvgIpc) is 3.40. The Kier molecular flexibility index (Phi) is 7.10. The number of oxime groups is 1. The van der Waals surface area contributed by atoms with Gasteiger partial charge >= 0.3 is 6.18 Å². The number of halogens is 5. The van der Waals surface area contributed by atoms with Gasteiger partial charge in [0.1, 0.15) is 5.60 Å². The lowest BCUT2D eigenvalue weighted by Crippen LogP contribution is -2.60. The summed E-state index contributed by atoms with van der Waals surface area (Å²) in [4.78, 5) is 7.32. The molecular weight excluding hydrogens is 572 g/mol. The van der Waals surface area contributed by atoms with Crippen molar-refractivity contribution in [2.45, 2.75) is 29.8 Å². The fourth-order valence-corrected chi connectivity index (χ4v) is 6.22. The highest BCUT2D eigenvalue weighted by Gasteiger charge is 2.62. The highest BCUT2D eigenvalue weighted by Crippen LogP contribution is 2.50. The number of likely N-dealkylation sites (tertiary alicyclic amines) is 1. The van der Waals surface area contributed by atoms with E-state index in [2.05, 4.69) is 34.3 Å². The summed E-state index contributed by atoms with van der Waals surface area (Å²) in [5, 5.41) is 15.4. The van der Waals surface area contributed by atoms with Gasteiger partial charge < -0.3 is 9.94 Å². The van der Waals surface area contributed by atoms with Gasteiger partial charge in [-0.05, 0) is 40.5 Å². The standard InChI is InChI=1S/C32H25Cl2F3N2O2/c33-26-15-25(16-27(34)17-26)31(32(35,36)37)18-28(38-41-31)21-11-13-24(14-12-21)30(40)19-39(20-30)29(22-7-3-1-4-8-22)23-9-5-2-6-10-23/h1-17,29,40H,18-20H2. The van der Waals surface area contributed by atoms with Crippen molar-refractivity contribution >= 4 is 28.9 Å². The lowest BCUT2D eigenvalue weighted by Gasteiger charge is -2.50. The molecule has 0 aliphatic carbocycles. The number of hydrogen-bond acceptors (Lipinski definition) is 4. The van der Waals surface area contributed by atoms with Crippen LogP contribution in [0.5, 0.6) is 0 Å². The number of aliphatic hydroxyl groups is 1. The topological polar surface area (TPSA) is 45.1 Å². The van der Waals surface area contributed by atoms with Crippen LogP contribution < -0.4 is 0 Å². The normalized spacial score (nSPS) is 20.4. The Balaban J connectivity index is 1.21. The van der Waals surface area contributed by atoms with Crippen molar-refractivity contribution in [1.29, 1.82) is 0 Å². The molecule has 1 saturated heterocycles. The summed E-state index contributed by atoms with van der Waals surface area (Å²) >= 11 is 12.0. The summed E-state index contributed by atoms with van der Waals surface area (Å²) in [6, 6.07) is 30.8. The molecule has 6 rings (SSSR count). The van der Waals surface area contributed by atoms with Gasteiger partial charge in [0.25, 0.3) is 5.60 Å². The van der Waals surface area contributed by atoms with E-state index >= 15 is 0 Å². The van der Waals surface area contributed by atoms with Crippen molar-refractivity contribution < 1.29 is 23.1 Å². The molecule has 1 fully saturated rings. The maximum absolute atomic E-state index is 14.4. The van der Waals surface area contributed by atoms with Crippen LogP contribution >= 0.6 is 23.2 Å². The molecule has 0 saturated carbocycles. The largest absolute Gasteiger partial charge is 0.435 e. The van der Waals surface area contributed by atoms with Crippen molar-refractivity contribution in [2.75, 3.05) is 13.1 Å². The number of hydrogen-bond donors (Lipinski definition) is 1. The second-order valence-electron chi connectivity index (χ2n) is 10.5. The van der Waals surface area contributed by atoms with Crippen LogP contribution in [0.1, 0.15) is 40.3 Å². The maximum Gasteiger partial charge on any atom is 0.435 e. The van der Waals surface area contributed by atoms with Gasteiger partial charge in [-0.25, -0.2) is 0 Å². The van der Waals surface area contributed by atoms with Gasteiger partial charge in [0.15, 0.2) is 0 Å². The first-order chi connectivity index (χ1) is 19.6. The summed E-state index contributed by atoms with van der Waals surface area (Å²) in [6.07, 6.45) is -5.31. The monoisotopic (exact) mass is 596 g/mol. The molecule has 2 aliphatic rings. The van der Waals surface area contributed by atoms with E-state index in [-0.39, 0.29) is 27.4 Å². The summed E-state index contributed by atoms with van der Waals surface area (Å²) in [7, 11) is 0. The van der Waals surface area contributed by atoms with Crippen LogP contribution in [0.3, 0.4) is 0 Å². The van der Waals surface area contributed by atoms with Crippen LogP contribution in [-0.2, 0) is 16.0 Å². The molecule has 1 N–H and O–H groups in total. The van der Waals surface area contributed by atoms with Crippen LogP contribution in [0.15, 0.2) is 108 Å². The minimum Gasteiger partial charge on any atom is -0.382 e. The van der Waals surface area contributed by atoms with Gasteiger partial charge in [-0.15, -0.1) is 0 Å². The van der Waals surface area contributed by atoms with E-state index in [1.54, 1.807) is 24.3 Å². The molecule has 0 aromatic heterocycles. The predicted molar refractivity (Wildman–Crippen MR) is 153 cm³/mol. The molecular formula is C32H25Cl2F3N2O2. The average molecular weight is 597 g/mol. The molecule has 1 unspecified atom stereocenters. The zero-order chi connectivity index (χ0) is 28.8. The third-order valence-electron chi connectivity index (χ3n) is 7.80. The number of β-amino-alcohol motifs (C(OH)–C–C–N with tert-alkyl or cyclic N) is 1. The molecule has 210 valence electrons. The van der Waals surface area contributed by atoms with Crippen LogP contribution in [0.2, 0.25) is 10.0 Å². The molecule has 0 bridgehead atoms. The Morgan fingerprint density at radius 1 is 0.780 bits per heavy atom. The van der Waals surface area contributed by atoms with E-state index in [0.29, 0.717) is 24.2 Å². The van der Waals surface area contributed by atoms with Crippen molar-refractivity contribution in [3.63, 3.8) is 0 Å². The van der Waals surface area contributed by atoms with E-state index in [4.69, 9.17) is 28.0 Å². The SMILES string of the molecule is OC1(c2ccc(C3=NOC(c4cc(Cl)cc(Cl)c4)(C(F)(F)F)C3)cc2)CN(C(c2ccccc2)c2ccccc2)C1. The molecule has 1 atom stereocenters. The number of nitrogens with zero attached hydrogens (tertiary/aromatic N) is 2. The summed E-state index contributed by atoms with van der Waals surface area (Å²) in [5.41, 5.74) is -0.462. The van der Waals surface area contributed by atoms with Gasteiger partial charge in [0, 0.05) is 35.1 Å². The van der Waals surface area contributed by atoms with E-state index in [1.807, 2.05) is 36.4 Å². The second kappa shape index (κ2) is 10.5. The van der Waals surface area contributed by atoms with Crippen molar-refractivity contribution in [1.82, 2.24) is 4.90 Å². The number of benzene rings is 4. The Hall–Kier alpha value is -3.36. The quantitative estimate of drug-likeness (QED) is 0.246. The van der Waals surface area contributed by atoms with Gasteiger partial charge in [-0.3, -0.25) is 4.90 Å². The highest BCUT2D eigenvalue weighted by molar-refractivity contribution is 6.34. The fourth-order valence-electron chi connectivity index (χ4n) is 5.69. The predicted octanol–water partition coefficient (Wildman–Crippen LogP) is 7.87. The van der Waals surface area contributed by atoms with E-state index in [9.17, 15) is 18.3 Å². The number of rotatable bonds is 6. The molecule has 0 radical (unpaired) electrons. The van der Waals surface area contributed by atoms with Crippen molar-refractivity contribution in [3.05, 3.63) is 141 Å². The van der Waals surface area contributed by atoms with Gasteiger partial charge in [-0.2, -0.15) is 13.2 Å². The molecule has 0 amide bonds. The zero-order valence-electron chi connectivity index (χ0n) is 21.7.